The Balaban J connectivity index is 1.68. The number of benzene rings is 2. The van der Waals surface area contributed by atoms with Crippen LogP contribution in [0, 0.1) is 10.1 Å². The van der Waals surface area contributed by atoms with Crippen LogP contribution < -0.4 is 9.64 Å². The van der Waals surface area contributed by atoms with Crippen LogP contribution in [0.2, 0.25) is 0 Å². The van der Waals surface area contributed by atoms with Crippen LogP contribution in [-0.2, 0) is 11.2 Å². The van der Waals surface area contributed by atoms with Crippen LogP contribution in [0.3, 0.4) is 0 Å². The number of nitro benzene ring substituents is 1. The molecular formula is C18H16N2O5. The lowest BCUT2D eigenvalue weighted by Crippen LogP contribution is -2.33. The Labute approximate surface area is 144 Å². The predicted molar refractivity (Wildman–Crippen MR) is 91.1 cm³/mol. The largest absolute Gasteiger partial charge is 0.484 e. The number of non-ortho nitro benzene ring substituents is 1. The topological polar surface area (TPSA) is 89.8 Å². The van der Waals surface area contributed by atoms with E-state index in [4.69, 9.17) is 4.74 Å². The van der Waals surface area contributed by atoms with Crippen molar-refractivity contribution in [1.82, 2.24) is 0 Å². The monoisotopic (exact) mass is 340 g/mol. The van der Waals surface area contributed by atoms with Crippen LogP contribution in [0.15, 0.2) is 42.5 Å². The summed E-state index contributed by atoms with van der Waals surface area (Å²) in [5, 5.41) is 10.9. The van der Waals surface area contributed by atoms with Gasteiger partial charge in [-0.1, -0.05) is 6.07 Å². The number of fused-ring (bicyclic) bond motifs is 1. The Morgan fingerprint density at radius 2 is 1.92 bits per heavy atom. The SMILES string of the molecule is CC(=O)c1ccc(OCC(=O)N2CCc3ccc([N+](=O)[O-])cc32)cc1. The summed E-state index contributed by atoms with van der Waals surface area (Å²) >= 11 is 0. The lowest BCUT2D eigenvalue weighted by atomic mass is 10.1. The summed E-state index contributed by atoms with van der Waals surface area (Å²) in [5.74, 6) is 0.171. The van der Waals surface area contributed by atoms with Gasteiger partial charge < -0.3 is 9.64 Å². The summed E-state index contributed by atoms with van der Waals surface area (Å²) < 4.78 is 5.47. The van der Waals surface area contributed by atoms with E-state index in [1.807, 2.05) is 0 Å². The highest BCUT2D eigenvalue weighted by molar-refractivity contribution is 5.97. The summed E-state index contributed by atoms with van der Waals surface area (Å²) in [4.78, 5) is 35.6. The highest BCUT2D eigenvalue weighted by Gasteiger charge is 2.26. The molecule has 0 unspecified atom stereocenters. The van der Waals surface area contributed by atoms with Crippen molar-refractivity contribution in [3.05, 3.63) is 63.7 Å². The van der Waals surface area contributed by atoms with E-state index >= 15 is 0 Å². The summed E-state index contributed by atoms with van der Waals surface area (Å²) in [5.41, 5.74) is 2.00. The fourth-order valence-corrected chi connectivity index (χ4v) is 2.75. The minimum atomic E-state index is -0.478. The van der Waals surface area contributed by atoms with Crippen molar-refractivity contribution in [2.75, 3.05) is 18.1 Å². The number of rotatable bonds is 5. The number of hydrogen-bond acceptors (Lipinski definition) is 5. The number of nitro groups is 1. The van der Waals surface area contributed by atoms with Crippen molar-refractivity contribution in [2.45, 2.75) is 13.3 Å². The normalized spacial score (nSPS) is 12.6. The number of nitrogens with zero attached hydrogens (tertiary/aromatic N) is 2. The van der Waals surface area contributed by atoms with E-state index in [2.05, 4.69) is 0 Å². The molecule has 128 valence electrons. The lowest BCUT2D eigenvalue weighted by Gasteiger charge is -2.17. The molecule has 0 radical (unpaired) electrons. The van der Waals surface area contributed by atoms with Crippen molar-refractivity contribution in [1.29, 1.82) is 0 Å². The van der Waals surface area contributed by atoms with Crippen molar-refractivity contribution in [3.63, 3.8) is 0 Å². The number of carbonyl (C=O) groups excluding carboxylic acids is 2. The first-order chi connectivity index (χ1) is 12.0. The second-order valence-electron chi connectivity index (χ2n) is 5.73. The molecule has 0 spiro atoms. The highest BCUT2D eigenvalue weighted by atomic mass is 16.6. The van der Waals surface area contributed by atoms with Gasteiger partial charge in [0.2, 0.25) is 0 Å². The molecule has 2 aromatic rings. The zero-order chi connectivity index (χ0) is 18.0. The van der Waals surface area contributed by atoms with E-state index < -0.39 is 4.92 Å². The summed E-state index contributed by atoms with van der Waals surface area (Å²) in [7, 11) is 0. The van der Waals surface area contributed by atoms with Gasteiger partial charge in [0.25, 0.3) is 11.6 Å². The van der Waals surface area contributed by atoms with Crippen molar-refractivity contribution < 1.29 is 19.2 Å². The molecular weight excluding hydrogens is 324 g/mol. The van der Waals surface area contributed by atoms with Gasteiger partial charge in [-0.15, -0.1) is 0 Å². The summed E-state index contributed by atoms with van der Waals surface area (Å²) in [6.07, 6.45) is 0.659. The van der Waals surface area contributed by atoms with Gasteiger partial charge in [-0.25, -0.2) is 0 Å². The molecule has 0 saturated carbocycles. The maximum Gasteiger partial charge on any atom is 0.271 e. The Hall–Kier alpha value is -3.22. The molecule has 0 saturated heterocycles. The van der Waals surface area contributed by atoms with E-state index in [1.165, 1.54) is 24.0 Å². The Kier molecular flexibility index (Phi) is 4.47. The molecule has 0 atom stereocenters. The van der Waals surface area contributed by atoms with Crippen LogP contribution in [0.4, 0.5) is 11.4 Å². The maximum atomic E-state index is 12.4. The Bertz CT molecular complexity index is 845. The average Bonchev–Trinajstić information content (AvgIpc) is 3.03. The fraction of sp³-hybridized carbons (Fsp3) is 0.222. The Morgan fingerprint density at radius 3 is 2.56 bits per heavy atom. The fourth-order valence-electron chi connectivity index (χ4n) is 2.75. The van der Waals surface area contributed by atoms with Crippen LogP contribution in [-0.4, -0.2) is 29.8 Å². The van der Waals surface area contributed by atoms with Crippen LogP contribution >= 0.6 is 0 Å². The molecule has 3 rings (SSSR count). The number of Topliss-reactive ketones (excluding diaryl/α,β-unsaturated/α-hetero) is 1. The third kappa shape index (κ3) is 3.50. The van der Waals surface area contributed by atoms with Crippen molar-refractivity contribution in [2.24, 2.45) is 0 Å². The van der Waals surface area contributed by atoms with E-state index in [0.717, 1.165) is 5.56 Å². The summed E-state index contributed by atoms with van der Waals surface area (Å²) in [6.45, 7) is 1.77. The van der Waals surface area contributed by atoms with E-state index in [-0.39, 0.29) is 24.0 Å². The number of ketones is 1. The molecule has 0 aliphatic carbocycles. The first-order valence-corrected chi connectivity index (χ1v) is 7.77. The quantitative estimate of drug-likeness (QED) is 0.474. The molecule has 0 bridgehead atoms. The minimum Gasteiger partial charge on any atom is -0.484 e. The highest BCUT2D eigenvalue weighted by Crippen LogP contribution is 2.31. The smallest absolute Gasteiger partial charge is 0.271 e. The van der Waals surface area contributed by atoms with Gasteiger partial charge in [-0.05, 0) is 43.2 Å². The van der Waals surface area contributed by atoms with Crippen LogP contribution in [0.1, 0.15) is 22.8 Å². The van der Waals surface area contributed by atoms with E-state index in [0.29, 0.717) is 30.0 Å². The average molecular weight is 340 g/mol. The Morgan fingerprint density at radius 1 is 1.20 bits per heavy atom. The van der Waals surface area contributed by atoms with Gasteiger partial charge in [-0.2, -0.15) is 0 Å². The zero-order valence-corrected chi connectivity index (χ0v) is 13.6. The first-order valence-electron chi connectivity index (χ1n) is 7.77. The van der Waals surface area contributed by atoms with Gasteiger partial charge in [-0.3, -0.25) is 19.7 Å². The molecule has 7 nitrogen and oxygen atoms in total. The molecule has 0 fully saturated rings. The molecule has 1 aliphatic heterocycles. The number of amides is 1. The maximum absolute atomic E-state index is 12.4. The molecule has 0 aromatic heterocycles. The molecule has 1 aliphatic rings. The van der Waals surface area contributed by atoms with Crippen molar-refractivity contribution in [3.8, 4) is 5.75 Å². The van der Waals surface area contributed by atoms with Gasteiger partial charge in [0, 0.05) is 24.2 Å². The first kappa shape index (κ1) is 16.6. The number of carbonyl (C=O) groups is 2. The van der Waals surface area contributed by atoms with Crippen LogP contribution in [0.5, 0.6) is 5.75 Å². The van der Waals surface area contributed by atoms with Gasteiger partial charge in [0.15, 0.2) is 12.4 Å². The van der Waals surface area contributed by atoms with Crippen LogP contribution in [0.25, 0.3) is 0 Å². The molecule has 2 aromatic carbocycles. The number of anilines is 1. The van der Waals surface area contributed by atoms with E-state index in [9.17, 15) is 19.7 Å². The molecule has 1 amide bonds. The molecule has 0 N–H and O–H groups in total. The zero-order valence-electron chi connectivity index (χ0n) is 13.6. The van der Waals surface area contributed by atoms with Gasteiger partial charge in [0.05, 0.1) is 10.6 Å². The van der Waals surface area contributed by atoms with Gasteiger partial charge >= 0.3 is 0 Å². The minimum absolute atomic E-state index is 0.0424. The van der Waals surface area contributed by atoms with E-state index in [1.54, 1.807) is 30.3 Å². The lowest BCUT2D eigenvalue weighted by molar-refractivity contribution is -0.384. The number of hydrogen-bond donors (Lipinski definition) is 0. The van der Waals surface area contributed by atoms with Gasteiger partial charge in [0.1, 0.15) is 5.75 Å². The molecule has 1 heterocycles. The summed E-state index contributed by atoms with van der Waals surface area (Å²) in [6, 6.07) is 11.1. The standard InChI is InChI=1S/C18H16N2O5/c1-12(21)13-3-6-16(7-4-13)25-11-18(22)19-9-8-14-2-5-15(20(23)24)10-17(14)19/h2-7,10H,8-9,11H2,1H3. The molecule has 25 heavy (non-hydrogen) atoms. The second-order valence-corrected chi connectivity index (χ2v) is 5.73. The molecule has 7 heteroatoms. The third-order valence-electron chi connectivity index (χ3n) is 4.10. The third-order valence-corrected chi connectivity index (χ3v) is 4.10. The number of ether oxygens (including phenoxy) is 1. The van der Waals surface area contributed by atoms with Crippen molar-refractivity contribution >= 4 is 23.1 Å². The second kappa shape index (κ2) is 6.72. The predicted octanol–water partition coefficient (Wildman–Crippen LogP) is 2.77.